The van der Waals surface area contributed by atoms with E-state index in [2.05, 4.69) is 29.6 Å². The first kappa shape index (κ1) is 18.7. The van der Waals surface area contributed by atoms with Crippen molar-refractivity contribution in [1.82, 2.24) is 5.32 Å². The lowest BCUT2D eigenvalue weighted by Gasteiger charge is -2.30. The highest BCUT2D eigenvalue weighted by atomic mass is 19.1. The smallest absolute Gasteiger partial charge is 0.126 e. The lowest BCUT2D eigenvalue weighted by atomic mass is 9.76. The molecule has 0 amide bonds. The predicted molar refractivity (Wildman–Crippen MR) is 111 cm³/mol. The van der Waals surface area contributed by atoms with Crippen molar-refractivity contribution in [2.45, 2.75) is 57.3 Å². The summed E-state index contributed by atoms with van der Waals surface area (Å²) in [6, 6.07) is 16.5. The summed E-state index contributed by atoms with van der Waals surface area (Å²) in [6.45, 7) is 2.03. The van der Waals surface area contributed by atoms with E-state index in [0.29, 0.717) is 5.92 Å². The van der Waals surface area contributed by atoms with E-state index in [1.807, 2.05) is 12.1 Å². The second kappa shape index (κ2) is 9.01. The Morgan fingerprint density at radius 3 is 1.70 bits per heavy atom. The standard InChI is InChI=1S/C14H18.C11H14FN/c1-2-12-4-3-11(1)9-13-5-7-14(10-12)8-6-13;12-11-4-2-1-3-10(11)9-5-7-13-8-6-9/h1-4,13-14H,5-10H2;1-4,9,13H,5-8H2. The fourth-order valence-electron chi connectivity index (χ4n) is 5.06. The highest BCUT2D eigenvalue weighted by Gasteiger charge is 2.22. The summed E-state index contributed by atoms with van der Waals surface area (Å²) in [6.07, 6.45) is 10.7. The van der Waals surface area contributed by atoms with Crippen molar-refractivity contribution in [3.05, 3.63) is 71.0 Å². The molecule has 1 heterocycles. The van der Waals surface area contributed by atoms with Gasteiger partial charge in [0, 0.05) is 0 Å². The Morgan fingerprint density at radius 2 is 1.19 bits per heavy atom. The molecule has 0 spiro atoms. The molecular weight excluding hydrogens is 333 g/mol. The molecule has 6 aliphatic rings. The second-order valence-corrected chi connectivity index (χ2v) is 8.66. The third-order valence-electron chi connectivity index (χ3n) is 6.72. The highest BCUT2D eigenvalue weighted by Crippen LogP contribution is 2.34. The van der Waals surface area contributed by atoms with Crippen molar-refractivity contribution in [2.75, 3.05) is 13.1 Å². The Morgan fingerprint density at radius 1 is 0.667 bits per heavy atom. The summed E-state index contributed by atoms with van der Waals surface area (Å²) < 4.78 is 13.4. The lowest BCUT2D eigenvalue weighted by molar-refractivity contribution is 0.270. The molecule has 0 atom stereocenters. The SMILES string of the molecule is Fc1ccccc1C1CCNCC1.c1cc2ccc1CC1CCC(CC1)C2. The van der Waals surface area contributed by atoms with Crippen LogP contribution in [0.4, 0.5) is 4.39 Å². The van der Waals surface area contributed by atoms with Gasteiger partial charge in [0.15, 0.2) is 0 Å². The molecule has 0 aromatic heterocycles. The molecule has 5 aliphatic carbocycles. The maximum absolute atomic E-state index is 13.4. The molecule has 8 rings (SSSR count). The first-order valence-corrected chi connectivity index (χ1v) is 10.8. The molecule has 1 N–H and O–H groups in total. The van der Waals surface area contributed by atoms with E-state index in [1.54, 1.807) is 23.3 Å². The zero-order valence-corrected chi connectivity index (χ0v) is 16.3. The minimum absolute atomic E-state index is 0.0469. The van der Waals surface area contributed by atoms with Crippen molar-refractivity contribution in [1.29, 1.82) is 0 Å². The number of piperidine rings is 1. The van der Waals surface area contributed by atoms with Gasteiger partial charge in [0.2, 0.25) is 0 Å². The van der Waals surface area contributed by atoms with E-state index in [0.717, 1.165) is 43.3 Å². The first-order valence-electron chi connectivity index (χ1n) is 10.8. The van der Waals surface area contributed by atoms with E-state index in [-0.39, 0.29) is 5.82 Å². The molecule has 0 radical (unpaired) electrons. The van der Waals surface area contributed by atoms with Gasteiger partial charge in [-0.1, -0.05) is 42.5 Å². The molecule has 2 aromatic carbocycles. The normalized spacial score (nSPS) is 24.9. The summed E-state index contributed by atoms with van der Waals surface area (Å²) >= 11 is 0. The van der Waals surface area contributed by atoms with E-state index in [1.165, 1.54) is 38.5 Å². The number of benzene rings is 2. The van der Waals surface area contributed by atoms with Gasteiger partial charge in [-0.2, -0.15) is 0 Å². The Hall–Kier alpha value is -1.67. The largest absolute Gasteiger partial charge is 0.317 e. The van der Waals surface area contributed by atoms with E-state index in [4.69, 9.17) is 0 Å². The number of hydrogen-bond acceptors (Lipinski definition) is 1. The highest BCUT2D eigenvalue weighted by molar-refractivity contribution is 5.24. The quantitative estimate of drug-likeness (QED) is 0.665. The number of halogens is 1. The third kappa shape index (κ3) is 4.99. The van der Waals surface area contributed by atoms with Crippen LogP contribution in [0.5, 0.6) is 0 Å². The van der Waals surface area contributed by atoms with E-state index in [9.17, 15) is 4.39 Å². The molecule has 2 heteroatoms. The Bertz CT molecular complexity index is 676. The fourth-order valence-corrected chi connectivity index (χ4v) is 5.06. The van der Waals surface area contributed by atoms with E-state index >= 15 is 0 Å². The second-order valence-electron chi connectivity index (χ2n) is 8.66. The summed E-state index contributed by atoms with van der Waals surface area (Å²) in [5.74, 6) is 2.34. The number of hydrogen-bond donors (Lipinski definition) is 1. The van der Waals surface area contributed by atoms with Gasteiger partial charge in [-0.15, -0.1) is 0 Å². The Kier molecular flexibility index (Phi) is 6.24. The van der Waals surface area contributed by atoms with Crippen molar-refractivity contribution < 1.29 is 4.39 Å². The average Bonchev–Trinajstić information content (AvgIpc) is 2.74. The van der Waals surface area contributed by atoms with Crippen LogP contribution in [0.15, 0.2) is 48.5 Å². The maximum atomic E-state index is 13.4. The van der Waals surface area contributed by atoms with Gasteiger partial charge in [0.05, 0.1) is 0 Å². The molecule has 2 aromatic rings. The van der Waals surface area contributed by atoms with Crippen LogP contribution in [0.1, 0.15) is 61.1 Å². The lowest BCUT2D eigenvalue weighted by Crippen LogP contribution is -2.27. The Balaban J connectivity index is 0.000000134. The van der Waals surface area contributed by atoms with Crippen LogP contribution >= 0.6 is 0 Å². The summed E-state index contributed by atoms with van der Waals surface area (Å²) in [5.41, 5.74) is 4.00. The van der Waals surface area contributed by atoms with Crippen LogP contribution in [0, 0.1) is 17.7 Å². The van der Waals surface area contributed by atoms with Crippen LogP contribution in [0.2, 0.25) is 0 Å². The predicted octanol–water partition coefficient (Wildman–Crippen LogP) is 5.88. The molecule has 4 bridgehead atoms. The van der Waals surface area contributed by atoms with Gasteiger partial charge in [-0.25, -0.2) is 4.39 Å². The average molecular weight is 366 g/mol. The van der Waals surface area contributed by atoms with Crippen LogP contribution in [0.25, 0.3) is 0 Å². The third-order valence-corrected chi connectivity index (χ3v) is 6.72. The minimum Gasteiger partial charge on any atom is -0.317 e. The summed E-state index contributed by atoms with van der Waals surface area (Å²) in [7, 11) is 0. The van der Waals surface area contributed by atoms with Crippen LogP contribution in [-0.4, -0.2) is 13.1 Å². The molecule has 1 aliphatic heterocycles. The van der Waals surface area contributed by atoms with Crippen molar-refractivity contribution >= 4 is 0 Å². The summed E-state index contributed by atoms with van der Waals surface area (Å²) in [5, 5.41) is 3.28. The molecular formula is C25H32FN. The van der Waals surface area contributed by atoms with Crippen molar-refractivity contribution in [2.24, 2.45) is 11.8 Å². The zero-order valence-electron chi connectivity index (χ0n) is 16.3. The molecule has 2 fully saturated rings. The van der Waals surface area contributed by atoms with E-state index < -0.39 is 0 Å². The topological polar surface area (TPSA) is 12.0 Å². The van der Waals surface area contributed by atoms with Gasteiger partial charge in [-0.05, 0) is 105 Å². The molecule has 1 saturated carbocycles. The monoisotopic (exact) mass is 365 g/mol. The molecule has 27 heavy (non-hydrogen) atoms. The van der Waals surface area contributed by atoms with Gasteiger partial charge in [0.1, 0.15) is 5.82 Å². The van der Waals surface area contributed by atoms with Crippen LogP contribution in [-0.2, 0) is 12.8 Å². The molecule has 144 valence electrons. The van der Waals surface area contributed by atoms with Crippen LogP contribution < -0.4 is 5.32 Å². The fraction of sp³-hybridized carbons (Fsp3) is 0.520. The van der Waals surface area contributed by atoms with Gasteiger partial charge in [0.25, 0.3) is 0 Å². The Labute approximate surface area is 163 Å². The van der Waals surface area contributed by atoms with Gasteiger partial charge in [-0.3, -0.25) is 0 Å². The molecule has 1 saturated heterocycles. The van der Waals surface area contributed by atoms with Gasteiger partial charge < -0.3 is 5.32 Å². The van der Waals surface area contributed by atoms with Crippen molar-refractivity contribution in [3.63, 3.8) is 0 Å². The number of rotatable bonds is 1. The van der Waals surface area contributed by atoms with Crippen molar-refractivity contribution in [3.8, 4) is 0 Å². The summed E-state index contributed by atoms with van der Waals surface area (Å²) in [4.78, 5) is 0. The maximum Gasteiger partial charge on any atom is 0.126 e. The van der Waals surface area contributed by atoms with Gasteiger partial charge >= 0.3 is 0 Å². The first-order chi connectivity index (χ1) is 13.3. The number of nitrogens with one attached hydrogen (secondary N) is 1. The molecule has 1 nitrogen and oxygen atoms in total. The van der Waals surface area contributed by atoms with Crippen LogP contribution in [0.3, 0.4) is 0 Å². The zero-order chi connectivity index (χ0) is 18.5. The molecule has 0 unspecified atom stereocenters. The minimum atomic E-state index is -0.0469.